The van der Waals surface area contributed by atoms with Crippen LogP contribution in [0.1, 0.15) is 35.8 Å². The maximum absolute atomic E-state index is 13.1. The highest BCUT2D eigenvalue weighted by atomic mass is 19.1. The number of nitrogens with one attached hydrogen (secondary N) is 1. The molecule has 0 bridgehead atoms. The molecule has 128 valence electrons. The Labute approximate surface area is 144 Å². The van der Waals surface area contributed by atoms with Gasteiger partial charge in [0.1, 0.15) is 17.0 Å². The molecule has 0 aliphatic carbocycles. The Hall–Kier alpha value is -2.83. The maximum Gasteiger partial charge on any atom is 0.273 e. The molecule has 1 aromatic carbocycles. The molecule has 2 aromatic heterocycles. The van der Waals surface area contributed by atoms with Crippen LogP contribution >= 0.6 is 0 Å². The van der Waals surface area contributed by atoms with Crippen LogP contribution in [0.3, 0.4) is 0 Å². The zero-order valence-corrected chi connectivity index (χ0v) is 13.9. The van der Waals surface area contributed by atoms with Gasteiger partial charge in [-0.3, -0.25) is 4.79 Å². The molecule has 1 saturated heterocycles. The molecule has 7 heteroatoms. The number of rotatable bonds is 3. The van der Waals surface area contributed by atoms with Crippen molar-refractivity contribution in [3.05, 3.63) is 53.5 Å². The molecule has 1 atom stereocenters. The Morgan fingerprint density at radius 2 is 2.04 bits per heavy atom. The van der Waals surface area contributed by atoms with E-state index < -0.39 is 0 Å². The normalized spacial score (nSPS) is 20.3. The third kappa shape index (κ3) is 2.86. The first-order chi connectivity index (χ1) is 12.0. The first-order valence-electron chi connectivity index (χ1n) is 8.29. The molecule has 6 nitrogen and oxygen atoms in total. The van der Waals surface area contributed by atoms with Crippen molar-refractivity contribution in [2.75, 3.05) is 6.54 Å². The van der Waals surface area contributed by atoms with Crippen LogP contribution in [-0.4, -0.2) is 43.3 Å². The van der Waals surface area contributed by atoms with Crippen molar-refractivity contribution in [2.45, 2.75) is 31.7 Å². The zero-order valence-electron chi connectivity index (χ0n) is 13.9. The standard InChI is InChI=1S/C18H18FN5O/c1-18(11-12-3-5-13(19)6-4-12)9-2-10-24(18)17(25)15-8-7-14-16(20-15)22-23-21-14/h3-8H,2,9-11H2,1H3,(H,20,21,22,23). The second-order valence-corrected chi connectivity index (χ2v) is 6.72. The minimum Gasteiger partial charge on any atom is -0.332 e. The van der Waals surface area contributed by atoms with Crippen LogP contribution in [0.15, 0.2) is 36.4 Å². The third-order valence-electron chi connectivity index (χ3n) is 4.89. The van der Waals surface area contributed by atoms with E-state index >= 15 is 0 Å². The number of carbonyl (C=O) groups is 1. The summed E-state index contributed by atoms with van der Waals surface area (Å²) in [6, 6.07) is 9.90. The van der Waals surface area contributed by atoms with Crippen LogP contribution in [0.2, 0.25) is 0 Å². The molecule has 3 heterocycles. The second-order valence-electron chi connectivity index (χ2n) is 6.72. The van der Waals surface area contributed by atoms with Crippen molar-refractivity contribution in [1.82, 2.24) is 25.3 Å². The fourth-order valence-electron chi connectivity index (χ4n) is 3.59. The van der Waals surface area contributed by atoms with Crippen molar-refractivity contribution >= 4 is 17.1 Å². The molecule has 0 radical (unpaired) electrons. The van der Waals surface area contributed by atoms with E-state index in [1.807, 2.05) is 4.90 Å². The summed E-state index contributed by atoms with van der Waals surface area (Å²) in [5.74, 6) is -0.356. The van der Waals surface area contributed by atoms with E-state index in [9.17, 15) is 9.18 Å². The summed E-state index contributed by atoms with van der Waals surface area (Å²) in [7, 11) is 0. The molecule has 3 aromatic rings. The summed E-state index contributed by atoms with van der Waals surface area (Å²) < 4.78 is 13.1. The quantitative estimate of drug-likeness (QED) is 0.796. The summed E-state index contributed by atoms with van der Waals surface area (Å²) in [5.41, 5.74) is 2.14. The number of likely N-dealkylation sites (tertiary alicyclic amines) is 1. The summed E-state index contributed by atoms with van der Waals surface area (Å²) >= 11 is 0. The Balaban J connectivity index is 1.61. The number of aromatic amines is 1. The monoisotopic (exact) mass is 339 g/mol. The Morgan fingerprint density at radius 1 is 1.24 bits per heavy atom. The number of aromatic nitrogens is 4. The van der Waals surface area contributed by atoms with E-state index in [2.05, 4.69) is 27.3 Å². The van der Waals surface area contributed by atoms with Gasteiger partial charge in [-0.15, -0.1) is 5.10 Å². The number of fused-ring (bicyclic) bond motifs is 1. The largest absolute Gasteiger partial charge is 0.332 e. The topological polar surface area (TPSA) is 74.8 Å². The van der Waals surface area contributed by atoms with Gasteiger partial charge >= 0.3 is 0 Å². The molecule has 4 rings (SSSR count). The lowest BCUT2D eigenvalue weighted by Crippen LogP contribution is -2.46. The third-order valence-corrected chi connectivity index (χ3v) is 4.89. The van der Waals surface area contributed by atoms with Gasteiger partial charge in [-0.1, -0.05) is 12.1 Å². The predicted molar refractivity (Wildman–Crippen MR) is 90.5 cm³/mol. The molecule has 1 aliphatic rings. The predicted octanol–water partition coefficient (Wildman–Crippen LogP) is 2.73. The van der Waals surface area contributed by atoms with Gasteiger partial charge in [0.2, 0.25) is 5.65 Å². The highest BCUT2D eigenvalue weighted by Crippen LogP contribution is 2.33. The second kappa shape index (κ2) is 5.91. The smallest absolute Gasteiger partial charge is 0.273 e. The van der Waals surface area contributed by atoms with Crippen LogP contribution in [-0.2, 0) is 6.42 Å². The fraction of sp³-hybridized carbons (Fsp3) is 0.333. The highest BCUT2D eigenvalue weighted by Gasteiger charge is 2.40. The number of H-pyrrole nitrogens is 1. The molecule has 1 unspecified atom stereocenters. The average molecular weight is 339 g/mol. The van der Waals surface area contributed by atoms with E-state index in [0.717, 1.165) is 18.4 Å². The fourth-order valence-corrected chi connectivity index (χ4v) is 3.59. The summed E-state index contributed by atoms with van der Waals surface area (Å²) in [6.07, 6.45) is 2.53. The molecule has 1 fully saturated rings. The van der Waals surface area contributed by atoms with E-state index in [1.54, 1.807) is 24.3 Å². The molecule has 25 heavy (non-hydrogen) atoms. The highest BCUT2D eigenvalue weighted by molar-refractivity contribution is 5.94. The van der Waals surface area contributed by atoms with Crippen LogP contribution < -0.4 is 0 Å². The summed E-state index contributed by atoms with van der Waals surface area (Å²) in [4.78, 5) is 19.2. The molecule has 0 spiro atoms. The molecule has 0 saturated carbocycles. The number of amides is 1. The number of hydrogen-bond donors (Lipinski definition) is 1. The minimum absolute atomic E-state index is 0.105. The van der Waals surface area contributed by atoms with Gasteiger partial charge in [0.15, 0.2) is 0 Å². The molecular formula is C18H18FN5O. The number of carbonyl (C=O) groups excluding carboxylic acids is 1. The Morgan fingerprint density at radius 3 is 2.84 bits per heavy atom. The van der Waals surface area contributed by atoms with Gasteiger partial charge in [0.25, 0.3) is 5.91 Å². The van der Waals surface area contributed by atoms with Gasteiger partial charge < -0.3 is 4.90 Å². The zero-order chi connectivity index (χ0) is 17.4. The SMILES string of the molecule is CC1(Cc2ccc(F)cc2)CCCN1C(=O)c1ccc2n[nH]nc2n1. The summed E-state index contributed by atoms with van der Waals surface area (Å²) in [6.45, 7) is 2.77. The number of pyridine rings is 1. The first-order valence-corrected chi connectivity index (χ1v) is 8.29. The maximum atomic E-state index is 13.1. The number of benzene rings is 1. The van der Waals surface area contributed by atoms with E-state index in [0.29, 0.717) is 29.8 Å². The van der Waals surface area contributed by atoms with Crippen molar-refractivity contribution in [2.24, 2.45) is 0 Å². The van der Waals surface area contributed by atoms with Crippen molar-refractivity contribution < 1.29 is 9.18 Å². The molecule has 1 amide bonds. The number of halogens is 1. The lowest BCUT2D eigenvalue weighted by atomic mass is 9.90. The van der Waals surface area contributed by atoms with Gasteiger partial charge in [0, 0.05) is 12.1 Å². The van der Waals surface area contributed by atoms with Crippen molar-refractivity contribution in [3.63, 3.8) is 0 Å². The van der Waals surface area contributed by atoms with Crippen LogP contribution in [0.25, 0.3) is 11.2 Å². The van der Waals surface area contributed by atoms with Gasteiger partial charge in [-0.2, -0.15) is 10.3 Å². The van der Waals surface area contributed by atoms with Crippen molar-refractivity contribution in [1.29, 1.82) is 0 Å². The molecule has 1 N–H and O–H groups in total. The number of nitrogens with zero attached hydrogens (tertiary/aromatic N) is 4. The number of hydrogen-bond acceptors (Lipinski definition) is 4. The van der Waals surface area contributed by atoms with Crippen LogP contribution in [0.4, 0.5) is 4.39 Å². The Kier molecular flexibility index (Phi) is 3.71. The molecular weight excluding hydrogens is 321 g/mol. The average Bonchev–Trinajstić information content (AvgIpc) is 3.22. The molecule has 1 aliphatic heterocycles. The first kappa shape index (κ1) is 15.7. The lowest BCUT2D eigenvalue weighted by molar-refractivity contribution is 0.0618. The van der Waals surface area contributed by atoms with Crippen LogP contribution in [0.5, 0.6) is 0 Å². The Bertz CT molecular complexity index is 923. The lowest BCUT2D eigenvalue weighted by Gasteiger charge is -2.35. The van der Waals surface area contributed by atoms with Crippen molar-refractivity contribution in [3.8, 4) is 0 Å². The van der Waals surface area contributed by atoms with Gasteiger partial charge in [0.05, 0.1) is 0 Å². The van der Waals surface area contributed by atoms with Gasteiger partial charge in [-0.05, 0) is 56.0 Å². The van der Waals surface area contributed by atoms with Crippen LogP contribution in [0, 0.1) is 5.82 Å². The van der Waals surface area contributed by atoms with E-state index in [-0.39, 0.29) is 17.3 Å². The minimum atomic E-state index is -0.310. The van der Waals surface area contributed by atoms with E-state index in [1.165, 1.54) is 12.1 Å². The summed E-state index contributed by atoms with van der Waals surface area (Å²) in [5, 5.41) is 10.4. The van der Waals surface area contributed by atoms with E-state index in [4.69, 9.17) is 0 Å². The van der Waals surface area contributed by atoms with Gasteiger partial charge in [-0.25, -0.2) is 9.37 Å².